The zero-order chi connectivity index (χ0) is 9.19. The van der Waals surface area contributed by atoms with E-state index in [1.807, 2.05) is 0 Å². The van der Waals surface area contributed by atoms with E-state index < -0.39 is 9.84 Å². The summed E-state index contributed by atoms with van der Waals surface area (Å²) in [6, 6.07) is 3.46. The topological polar surface area (TPSA) is 47.0 Å². The quantitative estimate of drug-likeness (QED) is 0.796. The molecule has 0 atom stereocenters. The van der Waals surface area contributed by atoms with Crippen molar-refractivity contribution in [3.63, 3.8) is 0 Å². The maximum absolute atomic E-state index is 10.8. The Balaban J connectivity index is 2.85. The molecule has 1 heterocycles. The van der Waals surface area contributed by atoms with Gasteiger partial charge < -0.3 is 0 Å². The molecule has 0 aliphatic heterocycles. The third-order valence-corrected chi connectivity index (χ3v) is 2.49. The van der Waals surface area contributed by atoms with Crippen LogP contribution in [0.3, 0.4) is 0 Å². The molecule has 0 N–H and O–H groups in total. The number of aromatic nitrogens is 1. The van der Waals surface area contributed by atoms with Gasteiger partial charge in [0.15, 0.2) is 9.84 Å². The molecule has 0 unspecified atom stereocenters. The lowest BCUT2D eigenvalue weighted by molar-refractivity contribution is 0.600. The number of halogens is 1. The van der Waals surface area contributed by atoms with Crippen LogP contribution in [0.1, 0.15) is 5.69 Å². The highest BCUT2D eigenvalue weighted by atomic mass is 79.9. The van der Waals surface area contributed by atoms with Crippen molar-refractivity contribution in [2.75, 3.05) is 6.26 Å². The first-order valence-corrected chi connectivity index (χ1v) is 6.11. The van der Waals surface area contributed by atoms with E-state index in [9.17, 15) is 8.42 Å². The molecule has 0 aliphatic carbocycles. The van der Waals surface area contributed by atoms with Crippen LogP contribution in [-0.2, 0) is 15.6 Å². The summed E-state index contributed by atoms with van der Waals surface area (Å²) in [5, 5.41) is 0. The minimum atomic E-state index is -2.97. The number of rotatable bonds is 2. The normalized spacial score (nSPS) is 11.5. The molecule has 0 saturated heterocycles. The number of hydrogen-bond donors (Lipinski definition) is 0. The van der Waals surface area contributed by atoms with Crippen LogP contribution in [0.2, 0.25) is 0 Å². The zero-order valence-corrected chi connectivity index (χ0v) is 8.89. The van der Waals surface area contributed by atoms with Gasteiger partial charge >= 0.3 is 0 Å². The Labute approximate surface area is 79.9 Å². The van der Waals surface area contributed by atoms with E-state index in [4.69, 9.17) is 0 Å². The molecule has 66 valence electrons. The Kier molecular flexibility index (Phi) is 2.85. The standard InChI is InChI=1S/C7H8BrNO2S/c1-12(10,11)5-7-3-2-6(8)4-9-7/h2-4H,5H2,1H3. The van der Waals surface area contributed by atoms with Crippen LogP contribution < -0.4 is 0 Å². The molecule has 0 spiro atoms. The summed E-state index contributed by atoms with van der Waals surface area (Å²) in [5.74, 6) is 0.000278. The Hall–Kier alpha value is -0.420. The summed E-state index contributed by atoms with van der Waals surface area (Å²) in [7, 11) is -2.97. The second-order valence-electron chi connectivity index (χ2n) is 2.54. The maximum atomic E-state index is 10.8. The largest absolute Gasteiger partial charge is 0.259 e. The third kappa shape index (κ3) is 3.32. The van der Waals surface area contributed by atoms with Crippen molar-refractivity contribution in [2.45, 2.75) is 5.75 Å². The lowest BCUT2D eigenvalue weighted by atomic mass is 10.4. The van der Waals surface area contributed by atoms with Gasteiger partial charge in [-0.2, -0.15) is 0 Å². The SMILES string of the molecule is CS(=O)(=O)Cc1ccc(Br)cn1. The monoisotopic (exact) mass is 249 g/mol. The van der Waals surface area contributed by atoms with E-state index in [1.54, 1.807) is 18.3 Å². The molecule has 0 bridgehead atoms. The van der Waals surface area contributed by atoms with E-state index in [-0.39, 0.29) is 5.75 Å². The molecule has 0 saturated carbocycles. The highest BCUT2D eigenvalue weighted by Crippen LogP contribution is 2.08. The van der Waals surface area contributed by atoms with Crippen LogP contribution in [-0.4, -0.2) is 19.7 Å². The van der Waals surface area contributed by atoms with Crippen molar-refractivity contribution >= 4 is 25.8 Å². The van der Waals surface area contributed by atoms with Crippen molar-refractivity contribution in [3.8, 4) is 0 Å². The van der Waals surface area contributed by atoms with E-state index in [2.05, 4.69) is 20.9 Å². The fourth-order valence-corrected chi connectivity index (χ4v) is 1.70. The van der Waals surface area contributed by atoms with Gasteiger partial charge in [-0.15, -0.1) is 0 Å². The van der Waals surface area contributed by atoms with Crippen LogP contribution in [0.4, 0.5) is 0 Å². The Morgan fingerprint density at radius 3 is 2.58 bits per heavy atom. The molecular weight excluding hydrogens is 242 g/mol. The number of sulfone groups is 1. The molecule has 1 aromatic rings. The summed E-state index contributed by atoms with van der Waals surface area (Å²) in [6.45, 7) is 0. The first-order valence-electron chi connectivity index (χ1n) is 3.25. The van der Waals surface area contributed by atoms with Crippen molar-refractivity contribution in [1.29, 1.82) is 0 Å². The van der Waals surface area contributed by atoms with E-state index >= 15 is 0 Å². The minimum absolute atomic E-state index is 0.000278. The van der Waals surface area contributed by atoms with Crippen LogP contribution >= 0.6 is 15.9 Å². The predicted octanol–water partition coefficient (Wildman–Crippen LogP) is 1.39. The molecule has 0 fully saturated rings. The van der Waals surface area contributed by atoms with Gasteiger partial charge in [0.1, 0.15) is 0 Å². The van der Waals surface area contributed by atoms with E-state index in [0.717, 1.165) is 4.47 Å². The Morgan fingerprint density at radius 2 is 2.17 bits per heavy atom. The highest BCUT2D eigenvalue weighted by Gasteiger charge is 2.04. The lowest BCUT2D eigenvalue weighted by Gasteiger charge is -1.97. The van der Waals surface area contributed by atoms with Crippen molar-refractivity contribution in [1.82, 2.24) is 4.98 Å². The molecule has 0 radical (unpaired) electrons. The first-order chi connectivity index (χ1) is 5.47. The number of nitrogens with zero attached hydrogens (tertiary/aromatic N) is 1. The predicted molar refractivity (Wildman–Crippen MR) is 50.5 cm³/mol. The van der Waals surface area contributed by atoms with Crippen LogP contribution in [0.25, 0.3) is 0 Å². The molecule has 0 aromatic carbocycles. The van der Waals surface area contributed by atoms with Gasteiger partial charge in [0.2, 0.25) is 0 Å². The Morgan fingerprint density at radius 1 is 1.50 bits per heavy atom. The van der Waals surface area contributed by atoms with Crippen molar-refractivity contribution < 1.29 is 8.42 Å². The number of hydrogen-bond acceptors (Lipinski definition) is 3. The molecule has 0 aliphatic rings. The fraction of sp³-hybridized carbons (Fsp3) is 0.286. The van der Waals surface area contributed by atoms with Gasteiger partial charge in [0.05, 0.1) is 11.4 Å². The lowest BCUT2D eigenvalue weighted by Crippen LogP contribution is -2.02. The van der Waals surface area contributed by atoms with E-state index in [1.165, 1.54) is 6.26 Å². The van der Waals surface area contributed by atoms with Crippen molar-refractivity contribution in [2.24, 2.45) is 0 Å². The third-order valence-electron chi connectivity index (χ3n) is 1.20. The maximum Gasteiger partial charge on any atom is 0.153 e. The summed E-state index contributed by atoms with van der Waals surface area (Å²) in [5.41, 5.74) is 0.570. The Bertz CT molecular complexity index is 357. The van der Waals surface area contributed by atoms with Crippen LogP contribution in [0, 0.1) is 0 Å². The smallest absolute Gasteiger partial charge is 0.153 e. The van der Waals surface area contributed by atoms with Crippen LogP contribution in [0.5, 0.6) is 0 Å². The van der Waals surface area contributed by atoms with E-state index in [0.29, 0.717) is 5.69 Å². The highest BCUT2D eigenvalue weighted by molar-refractivity contribution is 9.10. The van der Waals surface area contributed by atoms with Crippen molar-refractivity contribution in [3.05, 3.63) is 28.5 Å². The zero-order valence-electron chi connectivity index (χ0n) is 6.49. The average molecular weight is 250 g/mol. The molecule has 3 nitrogen and oxygen atoms in total. The van der Waals surface area contributed by atoms with Gasteiger partial charge in [0.25, 0.3) is 0 Å². The number of pyridine rings is 1. The van der Waals surface area contributed by atoms with Gasteiger partial charge in [-0.1, -0.05) is 0 Å². The molecule has 1 aromatic heterocycles. The second-order valence-corrected chi connectivity index (χ2v) is 5.59. The van der Waals surface area contributed by atoms with Gasteiger partial charge in [0, 0.05) is 16.9 Å². The fourth-order valence-electron chi connectivity index (χ4n) is 0.760. The summed E-state index contributed by atoms with van der Waals surface area (Å²) in [6.07, 6.45) is 2.78. The second kappa shape index (κ2) is 3.53. The molecule has 5 heteroatoms. The molecular formula is C7H8BrNO2S. The molecule has 0 amide bonds. The van der Waals surface area contributed by atoms with Gasteiger partial charge in [-0.25, -0.2) is 8.42 Å². The summed E-state index contributed by atoms with van der Waals surface area (Å²) in [4.78, 5) is 3.94. The first kappa shape index (κ1) is 9.67. The summed E-state index contributed by atoms with van der Waals surface area (Å²) < 4.78 is 22.5. The van der Waals surface area contributed by atoms with Gasteiger partial charge in [-0.05, 0) is 28.1 Å². The average Bonchev–Trinajstić information content (AvgIpc) is 1.91. The summed E-state index contributed by atoms with van der Waals surface area (Å²) >= 11 is 3.21. The van der Waals surface area contributed by atoms with Crippen LogP contribution in [0.15, 0.2) is 22.8 Å². The molecule has 12 heavy (non-hydrogen) atoms. The molecule has 1 rings (SSSR count). The van der Waals surface area contributed by atoms with Gasteiger partial charge in [-0.3, -0.25) is 4.98 Å². The minimum Gasteiger partial charge on any atom is -0.259 e.